The number of nitrogens with one attached hydrogen (secondary N) is 2. The molecule has 82 valence electrons. The molecule has 1 heterocycles. The number of thiocarbonyl (C=S) groups is 1. The molecule has 1 fully saturated rings. The molecule has 1 rings (SSSR count). The molecule has 0 radical (unpaired) electrons. The van der Waals surface area contributed by atoms with Gasteiger partial charge in [0, 0.05) is 19.1 Å². The van der Waals surface area contributed by atoms with Crippen molar-refractivity contribution in [3.05, 3.63) is 0 Å². The maximum Gasteiger partial charge on any atom is 0.166 e. The van der Waals surface area contributed by atoms with Crippen LogP contribution >= 0.6 is 12.2 Å². The van der Waals surface area contributed by atoms with Crippen molar-refractivity contribution in [3.63, 3.8) is 0 Å². The van der Waals surface area contributed by atoms with Gasteiger partial charge in [0.2, 0.25) is 0 Å². The van der Waals surface area contributed by atoms with E-state index < -0.39 is 0 Å². The van der Waals surface area contributed by atoms with E-state index in [-0.39, 0.29) is 0 Å². The maximum absolute atomic E-state index is 5.16. The molecule has 2 N–H and O–H groups in total. The topological polar surface area (TPSA) is 27.3 Å². The predicted molar refractivity (Wildman–Crippen MR) is 64.5 cm³/mol. The highest BCUT2D eigenvalue weighted by atomic mass is 32.1. The van der Waals surface area contributed by atoms with Crippen LogP contribution in [0.2, 0.25) is 0 Å². The fourth-order valence-electron chi connectivity index (χ4n) is 1.74. The molecule has 0 spiro atoms. The molecule has 1 atom stereocenters. The Balaban J connectivity index is 2.11. The third-order valence-electron chi connectivity index (χ3n) is 2.46. The van der Waals surface area contributed by atoms with Gasteiger partial charge in [0.25, 0.3) is 0 Å². The lowest BCUT2D eigenvalue weighted by atomic mass is 10.1. The summed E-state index contributed by atoms with van der Waals surface area (Å²) in [5, 5.41) is 7.24. The first-order chi connectivity index (χ1) is 6.58. The minimum atomic E-state index is 0.418. The van der Waals surface area contributed by atoms with Crippen LogP contribution in [0.1, 0.15) is 20.3 Å². The van der Waals surface area contributed by atoms with Crippen molar-refractivity contribution in [1.29, 1.82) is 0 Å². The second-order valence-corrected chi connectivity index (χ2v) is 4.83. The summed E-state index contributed by atoms with van der Waals surface area (Å²) in [4.78, 5) is 2.37. The molecule has 1 saturated heterocycles. The van der Waals surface area contributed by atoms with Crippen LogP contribution in [0.3, 0.4) is 0 Å². The first kappa shape index (κ1) is 11.7. The molecular formula is C10H21N3S. The molecule has 1 aliphatic rings. The zero-order valence-corrected chi connectivity index (χ0v) is 10.2. The van der Waals surface area contributed by atoms with E-state index in [0.717, 1.165) is 17.6 Å². The minimum Gasteiger partial charge on any atom is -0.362 e. The van der Waals surface area contributed by atoms with E-state index in [0.29, 0.717) is 6.04 Å². The van der Waals surface area contributed by atoms with Gasteiger partial charge in [-0.2, -0.15) is 0 Å². The fraction of sp³-hybridized carbons (Fsp3) is 0.900. The third kappa shape index (κ3) is 4.24. The van der Waals surface area contributed by atoms with Gasteiger partial charge in [0.15, 0.2) is 5.11 Å². The van der Waals surface area contributed by atoms with Crippen LogP contribution in [0, 0.1) is 5.92 Å². The Labute approximate surface area is 92.2 Å². The lowest BCUT2D eigenvalue weighted by molar-refractivity contribution is 0.394. The van der Waals surface area contributed by atoms with E-state index in [1.165, 1.54) is 19.5 Å². The largest absolute Gasteiger partial charge is 0.362 e. The van der Waals surface area contributed by atoms with Crippen molar-refractivity contribution in [2.75, 3.05) is 26.7 Å². The van der Waals surface area contributed by atoms with E-state index in [9.17, 15) is 0 Å². The first-order valence-electron chi connectivity index (χ1n) is 5.31. The van der Waals surface area contributed by atoms with Gasteiger partial charge in [-0.15, -0.1) is 0 Å². The van der Waals surface area contributed by atoms with Crippen LogP contribution in [0.25, 0.3) is 0 Å². The zero-order chi connectivity index (χ0) is 10.6. The molecule has 3 nitrogen and oxygen atoms in total. The SMILES string of the molecule is CC(C)NC(=S)NCC1CCN(C)C1. The predicted octanol–water partition coefficient (Wildman–Crippen LogP) is 0.811. The molecule has 1 aliphatic heterocycles. The van der Waals surface area contributed by atoms with E-state index in [2.05, 4.69) is 36.4 Å². The number of nitrogens with zero attached hydrogens (tertiary/aromatic N) is 1. The Bertz CT molecular complexity index is 194. The van der Waals surface area contributed by atoms with E-state index in [1.807, 2.05) is 0 Å². The highest BCUT2D eigenvalue weighted by Gasteiger charge is 2.18. The standard InChI is InChI=1S/C10H21N3S/c1-8(2)12-10(14)11-6-9-4-5-13(3)7-9/h8-9H,4-7H2,1-3H3,(H2,11,12,14). The summed E-state index contributed by atoms with van der Waals surface area (Å²) < 4.78 is 0. The van der Waals surface area contributed by atoms with Gasteiger partial charge < -0.3 is 15.5 Å². The normalized spacial score (nSPS) is 22.7. The summed E-state index contributed by atoms with van der Waals surface area (Å²) in [6, 6.07) is 0.418. The minimum absolute atomic E-state index is 0.418. The highest BCUT2D eigenvalue weighted by Crippen LogP contribution is 2.12. The molecule has 4 heteroatoms. The van der Waals surface area contributed by atoms with Crippen LogP contribution in [0.4, 0.5) is 0 Å². The second kappa shape index (κ2) is 5.51. The summed E-state index contributed by atoms with van der Waals surface area (Å²) in [5.41, 5.74) is 0. The molecule has 1 unspecified atom stereocenters. The Morgan fingerprint density at radius 3 is 2.79 bits per heavy atom. The monoisotopic (exact) mass is 215 g/mol. The summed E-state index contributed by atoms with van der Waals surface area (Å²) in [5.74, 6) is 0.756. The molecule has 0 saturated carbocycles. The Hall–Kier alpha value is -0.350. The zero-order valence-electron chi connectivity index (χ0n) is 9.34. The average molecular weight is 215 g/mol. The molecule has 0 aromatic rings. The van der Waals surface area contributed by atoms with Crippen molar-refractivity contribution >= 4 is 17.3 Å². The van der Waals surface area contributed by atoms with Crippen molar-refractivity contribution in [2.45, 2.75) is 26.3 Å². The number of likely N-dealkylation sites (tertiary alicyclic amines) is 1. The smallest absolute Gasteiger partial charge is 0.166 e. The third-order valence-corrected chi connectivity index (χ3v) is 2.72. The van der Waals surface area contributed by atoms with Gasteiger partial charge in [-0.3, -0.25) is 0 Å². The molecule has 0 bridgehead atoms. The van der Waals surface area contributed by atoms with Crippen molar-refractivity contribution in [1.82, 2.24) is 15.5 Å². The number of hydrogen-bond donors (Lipinski definition) is 2. The van der Waals surface area contributed by atoms with Crippen LogP contribution in [-0.4, -0.2) is 42.7 Å². The van der Waals surface area contributed by atoms with Crippen molar-refractivity contribution < 1.29 is 0 Å². The average Bonchev–Trinajstić information content (AvgIpc) is 2.47. The number of hydrogen-bond acceptors (Lipinski definition) is 2. The van der Waals surface area contributed by atoms with Crippen LogP contribution < -0.4 is 10.6 Å². The van der Waals surface area contributed by atoms with Crippen LogP contribution in [-0.2, 0) is 0 Å². The van der Waals surface area contributed by atoms with Gasteiger partial charge in [-0.05, 0) is 52.0 Å². The molecule has 0 aromatic carbocycles. The van der Waals surface area contributed by atoms with Crippen LogP contribution in [0.5, 0.6) is 0 Å². The molecule has 0 aromatic heterocycles. The Morgan fingerprint density at radius 2 is 2.29 bits per heavy atom. The Kier molecular flexibility index (Phi) is 4.62. The highest BCUT2D eigenvalue weighted by molar-refractivity contribution is 7.80. The summed E-state index contributed by atoms with van der Waals surface area (Å²) in [7, 11) is 2.17. The van der Waals surface area contributed by atoms with E-state index in [4.69, 9.17) is 12.2 Å². The summed E-state index contributed by atoms with van der Waals surface area (Å²) in [6.45, 7) is 7.60. The molecule has 0 aliphatic carbocycles. The Morgan fingerprint density at radius 1 is 1.57 bits per heavy atom. The summed E-state index contributed by atoms with van der Waals surface area (Å²) >= 11 is 5.16. The van der Waals surface area contributed by atoms with Crippen LogP contribution in [0.15, 0.2) is 0 Å². The van der Waals surface area contributed by atoms with Gasteiger partial charge in [0.05, 0.1) is 0 Å². The lowest BCUT2D eigenvalue weighted by Crippen LogP contribution is -2.41. The lowest BCUT2D eigenvalue weighted by Gasteiger charge is -2.16. The molecular weight excluding hydrogens is 194 g/mol. The van der Waals surface area contributed by atoms with E-state index >= 15 is 0 Å². The first-order valence-corrected chi connectivity index (χ1v) is 5.71. The maximum atomic E-state index is 5.16. The van der Waals surface area contributed by atoms with Crippen molar-refractivity contribution in [2.24, 2.45) is 5.92 Å². The number of rotatable bonds is 3. The molecule has 0 amide bonds. The van der Waals surface area contributed by atoms with Gasteiger partial charge in [-0.1, -0.05) is 0 Å². The molecule has 14 heavy (non-hydrogen) atoms. The second-order valence-electron chi connectivity index (χ2n) is 4.43. The van der Waals surface area contributed by atoms with Crippen molar-refractivity contribution in [3.8, 4) is 0 Å². The van der Waals surface area contributed by atoms with E-state index in [1.54, 1.807) is 0 Å². The van der Waals surface area contributed by atoms with Gasteiger partial charge >= 0.3 is 0 Å². The fourth-order valence-corrected chi connectivity index (χ4v) is 2.06. The van der Waals surface area contributed by atoms with Gasteiger partial charge in [-0.25, -0.2) is 0 Å². The summed E-state index contributed by atoms with van der Waals surface area (Å²) in [6.07, 6.45) is 1.29. The van der Waals surface area contributed by atoms with Gasteiger partial charge in [0.1, 0.15) is 0 Å². The quantitative estimate of drug-likeness (QED) is 0.681.